The smallest absolute Gasteiger partial charge is 0.408 e. The van der Waals surface area contributed by atoms with Crippen LogP contribution in [0, 0.1) is 0 Å². The van der Waals surface area contributed by atoms with Crippen LogP contribution in [0.1, 0.15) is 6.92 Å². The number of halogens is 1. The summed E-state index contributed by atoms with van der Waals surface area (Å²) < 4.78 is 33.8. The van der Waals surface area contributed by atoms with E-state index >= 15 is 0 Å². The average molecular weight is 353 g/mol. The van der Waals surface area contributed by atoms with Gasteiger partial charge in [-0.25, -0.2) is 13.2 Å². The van der Waals surface area contributed by atoms with E-state index in [2.05, 4.69) is 4.72 Å². The molecule has 1 aromatic heterocycles. The van der Waals surface area contributed by atoms with Crippen LogP contribution < -0.4 is 10.5 Å². The Labute approximate surface area is 137 Å². The second-order valence-corrected chi connectivity index (χ2v) is 6.97. The summed E-state index contributed by atoms with van der Waals surface area (Å²) in [5.74, 6) is -0.511. The van der Waals surface area contributed by atoms with Gasteiger partial charge >= 0.3 is 5.76 Å². The van der Waals surface area contributed by atoms with Gasteiger partial charge in [0, 0.05) is 23.3 Å². The summed E-state index contributed by atoms with van der Waals surface area (Å²) in [6, 6.07) is 10.6. The molecule has 0 amide bonds. The number of hydrogen-bond donors (Lipinski definition) is 1. The Kier molecular flexibility index (Phi) is 3.91. The van der Waals surface area contributed by atoms with Crippen LogP contribution in [0.3, 0.4) is 0 Å². The normalized spacial score (nSPS) is 11.7. The minimum Gasteiger partial charge on any atom is -0.408 e. The maximum Gasteiger partial charge on any atom is 0.419 e. The summed E-state index contributed by atoms with van der Waals surface area (Å²) in [4.78, 5) is 11.7. The fraction of sp³-hybridized carbons (Fsp3) is 0.133. The number of nitrogens with one attached hydrogen (secondary N) is 1. The molecule has 0 saturated carbocycles. The Balaban J connectivity index is 2.01. The average Bonchev–Trinajstić information content (AvgIpc) is 2.83. The second kappa shape index (κ2) is 5.75. The van der Waals surface area contributed by atoms with E-state index in [-0.39, 0.29) is 10.5 Å². The molecule has 3 aromatic rings. The monoisotopic (exact) mass is 352 g/mol. The number of rotatable bonds is 4. The Morgan fingerprint density at radius 2 is 1.87 bits per heavy atom. The van der Waals surface area contributed by atoms with E-state index in [1.54, 1.807) is 30.3 Å². The molecular weight excluding hydrogens is 340 g/mol. The molecule has 1 N–H and O–H groups in total. The standard InChI is InChI=1S/C15H13ClN2O4S/c1-2-18-13-8-7-12(9-14(13)22-15(18)19)23(20,21)17-11-5-3-10(16)4-6-11/h3-9,17H,2H2,1H3. The van der Waals surface area contributed by atoms with Gasteiger partial charge in [0.2, 0.25) is 0 Å². The molecule has 0 saturated heterocycles. The van der Waals surface area contributed by atoms with E-state index < -0.39 is 15.8 Å². The number of nitrogens with zero attached hydrogens (tertiary/aromatic N) is 1. The number of aromatic nitrogens is 1. The van der Waals surface area contributed by atoms with Crippen LogP contribution in [0.2, 0.25) is 5.02 Å². The molecular formula is C15H13ClN2O4S. The highest BCUT2D eigenvalue weighted by Gasteiger charge is 2.17. The number of fused-ring (bicyclic) bond motifs is 1. The van der Waals surface area contributed by atoms with Crippen molar-refractivity contribution >= 4 is 38.4 Å². The topological polar surface area (TPSA) is 81.3 Å². The van der Waals surface area contributed by atoms with Gasteiger partial charge in [0.15, 0.2) is 5.58 Å². The molecule has 0 atom stereocenters. The first-order chi connectivity index (χ1) is 10.9. The lowest BCUT2D eigenvalue weighted by Crippen LogP contribution is -2.13. The lowest BCUT2D eigenvalue weighted by molar-refractivity contribution is 0.512. The zero-order chi connectivity index (χ0) is 16.6. The fourth-order valence-electron chi connectivity index (χ4n) is 2.25. The van der Waals surface area contributed by atoms with Crippen molar-refractivity contribution in [2.24, 2.45) is 0 Å². The molecule has 0 aliphatic heterocycles. The molecule has 6 nitrogen and oxygen atoms in total. The SMILES string of the molecule is CCn1c(=O)oc2cc(S(=O)(=O)Nc3ccc(Cl)cc3)ccc21. The third-order valence-corrected chi connectivity index (χ3v) is 4.99. The van der Waals surface area contributed by atoms with Crippen molar-refractivity contribution in [2.45, 2.75) is 18.4 Å². The van der Waals surface area contributed by atoms with Crippen LogP contribution in [-0.4, -0.2) is 13.0 Å². The lowest BCUT2D eigenvalue weighted by Gasteiger charge is -2.08. The summed E-state index contributed by atoms with van der Waals surface area (Å²) in [6.07, 6.45) is 0. The third-order valence-electron chi connectivity index (χ3n) is 3.36. The highest BCUT2D eigenvalue weighted by molar-refractivity contribution is 7.92. The van der Waals surface area contributed by atoms with Crippen molar-refractivity contribution < 1.29 is 12.8 Å². The number of anilines is 1. The summed E-state index contributed by atoms with van der Waals surface area (Å²) in [5.41, 5.74) is 1.18. The fourth-order valence-corrected chi connectivity index (χ4v) is 3.44. The van der Waals surface area contributed by atoms with E-state index in [1.165, 1.54) is 16.7 Å². The first-order valence-electron chi connectivity index (χ1n) is 6.82. The first kappa shape index (κ1) is 15.6. The Morgan fingerprint density at radius 3 is 2.52 bits per heavy atom. The summed E-state index contributed by atoms with van der Waals surface area (Å²) >= 11 is 5.77. The first-order valence-corrected chi connectivity index (χ1v) is 8.68. The molecule has 0 bridgehead atoms. The predicted octanol–water partition coefficient (Wildman–Crippen LogP) is 3.07. The highest BCUT2D eigenvalue weighted by atomic mass is 35.5. The Morgan fingerprint density at radius 1 is 1.17 bits per heavy atom. The van der Waals surface area contributed by atoms with E-state index in [4.69, 9.17) is 16.0 Å². The van der Waals surface area contributed by atoms with E-state index in [0.717, 1.165) is 0 Å². The number of benzene rings is 2. The zero-order valence-electron chi connectivity index (χ0n) is 12.1. The summed E-state index contributed by atoms with van der Waals surface area (Å²) in [6.45, 7) is 2.25. The van der Waals surface area contributed by atoms with Gasteiger partial charge in [-0.15, -0.1) is 0 Å². The van der Waals surface area contributed by atoms with E-state index in [1.807, 2.05) is 6.92 Å². The molecule has 0 unspecified atom stereocenters. The van der Waals surface area contributed by atoms with E-state index in [9.17, 15) is 13.2 Å². The van der Waals surface area contributed by atoms with Crippen LogP contribution in [0.15, 0.2) is 56.6 Å². The molecule has 120 valence electrons. The second-order valence-electron chi connectivity index (χ2n) is 4.85. The van der Waals surface area contributed by atoms with Crippen molar-refractivity contribution in [3.05, 3.63) is 58.0 Å². The summed E-state index contributed by atoms with van der Waals surface area (Å²) in [5, 5.41) is 0.511. The maximum atomic E-state index is 12.4. The van der Waals surface area contributed by atoms with Gasteiger partial charge in [-0.1, -0.05) is 11.6 Å². The molecule has 8 heteroatoms. The van der Waals surface area contributed by atoms with Crippen molar-refractivity contribution in [1.29, 1.82) is 0 Å². The van der Waals surface area contributed by atoms with Gasteiger partial charge in [-0.3, -0.25) is 9.29 Å². The number of aryl methyl sites for hydroxylation is 1. The van der Waals surface area contributed by atoms with Crippen LogP contribution in [0.25, 0.3) is 11.1 Å². The van der Waals surface area contributed by atoms with Crippen molar-refractivity contribution in [1.82, 2.24) is 4.57 Å². The minimum atomic E-state index is -3.79. The van der Waals surface area contributed by atoms with Crippen molar-refractivity contribution in [3.63, 3.8) is 0 Å². The predicted molar refractivity (Wildman–Crippen MR) is 88.4 cm³/mol. The van der Waals surface area contributed by atoms with Crippen molar-refractivity contribution in [3.8, 4) is 0 Å². The third kappa shape index (κ3) is 2.97. The van der Waals surface area contributed by atoms with Crippen molar-refractivity contribution in [2.75, 3.05) is 4.72 Å². The zero-order valence-corrected chi connectivity index (χ0v) is 13.7. The number of hydrogen-bond acceptors (Lipinski definition) is 4. The van der Waals surface area contributed by atoms with Gasteiger partial charge in [0.1, 0.15) is 0 Å². The lowest BCUT2D eigenvalue weighted by atomic mass is 10.3. The van der Waals surface area contributed by atoms with Gasteiger partial charge < -0.3 is 4.42 Å². The largest absolute Gasteiger partial charge is 0.419 e. The molecule has 0 aliphatic rings. The van der Waals surface area contributed by atoms with Gasteiger partial charge in [-0.2, -0.15) is 0 Å². The molecule has 2 aromatic carbocycles. The Hall–Kier alpha value is -2.25. The molecule has 0 spiro atoms. The molecule has 0 aliphatic carbocycles. The molecule has 1 heterocycles. The maximum absolute atomic E-state index is 12.4. The molecule has 3 rings (SSSR count). The molecule has 0 radical (unpaired) electrons. The Bertz CT molecular complexity index is 1020. The number of oxazole rings is 1. The molecule has 0 fully saturated rings. The molecule has 23 heavy (non-hydrogen) atoms. The minimum absolute atomic E-state index is 0.0111. The highest BCUT2D eigenvalue weighted by Crippen LogP contribution is 2.22. The van der Waals surface area contributed by atoms with Gasteiger partial charge in [-0.05, 0) is 43.3 Å². The van der Waals surface area contributed by atoms with Crippen LogP contribution in [-0.2, 0) is 16.6 Å². The number of sulfonamides is 1. The van der Waals surface area contributed by atoms with Gasteiger partial charge in [0.05, 0.1) is 10.4 Å². The van der Waals surface area contributed by atoms with Crippen LogP contribution >= 0.6 is 11.6 Å². The summed E-state index contributed by atoms with van der Waals surface area (Å²) in [7, 11) is -3.79. The van der Waals surface area contributed by atoms with Gasteiger partial charge in [0.25, 0.3) is 10.0 Å². The quantitative estimate of drug-likeness (QED) is 0.782. The van der Waals surface area contributed by atoms with Crippen LogP contribution in [0.4, 0.5) is 5.69 Å². The van der Waals surface area contributed by atoms with E-state index in [0.29, 0.717) is 22.8 Å². The van der Waals surface area contributed by atoms with Crippen LogP contribution in [0.5, 0.6) is 0 Å².